The Morgan fingerprint density at radius 1 is 1.40 bits per heavy atom. The smallest absolute Gasteiger partial charge is 0.137 e. The molecule has 4 nitrogen and oxygen atoms in total. The number of allylic oxidation sites excluding steroid dienone is 1. The summed E-state index contributed by atoms with van der Waals surface area (Å²) in [4.78, 5) is 0. The molecule has 0 aliphatic heterocycles. The molecule has 110 valence electrons. The minimum Gasteiger partial charge on any atom is -0.496 e. The van der Waals surface area contributed by atoms with E-state index in [1.807, 2.05) is 25.1 Å². The Hall–Kier alpha value is -1.59. The van der Waals surface area contributed by atoms with E-state index in [4.69, 9.17) is 27.4 Å². The zero-order valence-electron chi connectivity index (χ0n) is 12.4. The van der Waals surface area contributed by atoms with Crippen LogP contribution in [0.5, 0.6) is 11.5 Å². The van der Waals surface area contributed by atoms with Crippen molar-refractivity contribution in [3.63, 3.8) is 0 Å². The number of nitrogens with two attached hydrogens (primary N) is 1. The van der Waals surface area contributed by atoms with Crippen LogP contribution in [-0.4, -0.2) is 19.3 Å². The van der Waals surface area contributed by atoms with Crippen molar-refractivity contribution in [2.45, 2.75) is 26.7 Å². The lowest BCUT2D eigenvalue weighted by Gasteiger charge is -2.19. The Kier molecular flexibility index (Phi) is 6.48. The Bertz CT molecular complexity index is 499. The molecule has 0 spiro atoms. The number of benzene rings is 1. The Morgan fingerprint density at radius 3 is 2.55 bits per heavy atom. The van der Waals surface area contributed by atoms with E-state index in [-0.39, 0.29) is 6.73 Å². The van der Waals surface area contributed by atoms with Gasteiger partial charge < -0.3 is 14.8 Å². The largest absolute Gasteiger partial charge is 0.496 e. The Morgan fingerprint density at radius 2 is 2.10 bits per heavy atom. The van der Waals surface area contributed by atoms with Gasteiger partial charge in [-0.2, -0.15) is 0 Å². The van der Waals surface area contributed by atoms with Crippen LogP contribution in [0.25, 0.3) is 5.70 Å². The van der Waals surface area contributed by atoms with Crippen molar-refractivity contribution < 1.29 is 9.47 Å². The van der Waals surface area contributed by atoms with Crippen LogP contribution in [0, 0.1) is 0 Å². The molecular weight excluding hydrogens is 272 g/mol. The average molecular weight is 294 g/mol. The number of thiocarbonyl (C=S) groups is 1. The van der Waals surface area contributed by atoms with Crippen molar-refractivity contribution in [1.29, 1.82) is 0 Å². The normalized spacial score (nSPS) is 11.4. The molecule has 0 aliphatic carbocycles. The first-order chi connectivity index (χ1) is 9.58. The van der Waals surface area contributed by atoms with E-state index in [2.05, 4.69) is 19.2 Å². The molecule has 0 atom stereocenters. The number of hydrogen-bond acceptors (Lipinski definition) is 4. The summed E-state index contributed by atoms with van der Waals surface area (Å²) in [6.07, 6.45) is 1.93. The van der Waals surface area contributed by atoms with E-state index in [1.54, 1.807) is 7.11 Å². The minimum absolute atomic E-state index is 0.136. The molecule has 3 N–H and O–H groups in total. The molecule has 0 saturated heterocycles. The average Bonchev–Trinajstić information content (AvgIpc) is 2.44. The summed E-state index contributed by atoms with van der Waals surface area (Å²) in [6.45, 7) is 6.27. The monoisotopic (exact) mass is 294 g/mol. The third-order valence-corrected chi connectivity index (χ3v) is 3.10. The molecule has 1 rings (SSSR count). The maximum atomic E-state index is 5.54. The van der Waals surface area contributed by atoms with Gasteiger partial charge in [-0.15, -0.1) is 0 Å². The molecule has 1 aromatic carbocycles. The zero-order valence-corrected chi connectivity index (χ0v) is 13.2. The van der Waals surface area contributed by atoms with Crippen molar-refractivity contribution >= 4 is 23.4 Å². The van der Waals surface area contributed by atoms with Gasteiger partial charge >= 0.3 is 0 Å². The summed E-state index contributed by atoms with van der Waals surface area (Å²) < 4.78 is 11.0. The second-order valence-electron chi connectivity index (χ2n) is 4.52. The van der Waals surface area contributed by atoms with Crippen molar-refractivity contribution in [3.05, 3.63) is 29.3 Å². The Balaban J connectivity index is 3.43. The van der Waals surface area contributed by atoms with Crippen LogP contribution in [0.1, 0.15) is 37.8 Å². The van der Waals surface area contributed by atoms with Gasteiger partial charge in [0.15, 0.2) is 0 Å². The van der Waals surface area contributed by atoms with E-state index < -0.39 is 0 Å². The van der Waals surface area contributed by atoms with Crippen LogP contribution in [0.2, 0.25) is 0 Å². The van der Waals surface area contributed by atoms with E-state index in [0.29, 0.717) is 5.92 Å². The van der Waals surface area contributed by atoms with Crippen molar-refractivity contribution in [2.24, 2.45) is 5.73 Å². The summed E-state index contributed by atoms with van der Waals surface area (Å²) in [5, 5.41) is 3.03. The maximum Gasteiger partial charge on any atom is 0.137 e. The quantitative estimate of drug-likeness (QED) is 0.598. The maximum absolute atomic E-state index is 5.54. The van der Waals surface area contributed by atoms with Crippen LogP contribution < -0.4 is 20.5 Å². The van der Waals surface area contributed by atoms with Gasteiger partial charge in [0.25, 0.3) is 0 Å². The SMILES string of the molecule is C/C=C(\NC=S)c1cc(OCN)c(C(C)C)cc1OC. The molecule has 0 aromatic heterocycles. The van der Waals surface area contributed by atoms with Crippen LogP contribution in [0.15, 0.2) is 18.2 Å². The van der Waals surface area contributed by atoms with Gasteiger partial charge in [-0.25, -0.2) is 0 Å². The fraction of sp³-hybridized carbons (Fsp3) is 0.400. The second-order valence-corrected chi connectivity index (χ2v) is 4.76. The van der Waals surface area contributed by atoms with Gasteiger partial charge in [-0.05, 0) is 25.0 Å². The van der Waals surface area contributed by atoms with E-state index >= 15 is 0 Å². The summed E-state index contributed by atoms with van der Waals surface area (Å²) in [5.41, 5.74) is 9.80. The summed E-state index contributed by atoms with van der Waals surface area (Å²) in [6, 6.07) is 3.92. The molecule has 0 radical (unpaired) electrons. The summed E-state index contributed by atoms with van der Waals surface area (Å²) in [7, 11) is 1.65. The van der Waals surface area contributed by atoms with E-state index in [9.17, 15) is 0 Å². The second kappa shape index (κ2) is 7.87. The van der Waals surface area contributed by atoms with Gasteiger partial charge in [0.2, 0.25) is 0 Å². The minimum atomic E-state index is 0.136. The van der Waals surface area contributed by atoms with Gasteiger partial charge in [-0.1, -0.05) is 32.1 Å². The van der Waals surface area contributed by atoms with Gasteiger partial charge in [0.1, 0.15) is 18.2 Å². The number of rotatable bonds is 7. The molecule has 0 saturated carbocycles. The summed E-state index contributed by atoms with van der Waals surface area (Å²) in [5.74, 6) is 1.85. The predicted molar refractivity (Wildman–Crippen MR) is 87.2 cm³/mol. The first kappa shape index (κ1) is 16.5. The number of ether oxygens (including phenoxy) is 2. The lowest BCUT2D eigenvalue weighted by atomic mass is 9.98. The van der Waals surface area contributed by atoms with Crippen LogP contribution >= 0.6 is 12.2 Å². The fourth-order valence-corrected chi connectivity index (χ4v) is 2.13. The zero-order chi connectivity index (χ0) is 15.1. The van der Waals surface area contributed by atoms with E-state index in [1.165, 1.54) is 5.49 Å². The molecule has 20 heavy (non-hydrogen) atoms. The third kappa shape index (κ3) is 3.71. The highest BCUT2D eigenvalue weighted by Gasteiger charge is 2.16. The molecule has 5 heteroatoms. The lowest BCUT2D eigenvalue weighted by molar-refractivity contribution is 0.323. The molecule has 0 heterocycles. The number of nitrogens with one attached hydrogen (secondary N) is 1. The van der Waals surface area contributed by atoms with Crippen molar-refractivity contribution in [1.82, 2.24) is 5.32 Å². The molecule has 0 unspecified atom stereocenters. The van der Waals surface area contributed by atoms with Crippen molar-refractivity contribution in [3.8, 4) is 11.5 Å². The number of hydrogen-bond donors (Lipinski definition) is 2. The van der Waals surface area contributed by atoms with Gasteiger partial charge in [0, 0.05) is 16.8 Å². The molecule has 1 aromatic rings. The lowest BCUT2D eigenvalue weighted by Crippen LogP contribution is -2.12. The third-order valence-electron chi connectivity index (χ3n) is 2.99. The molecule has 0 aliphatic rings. The molecule has 0 fully saturated rings. The topological polar surface area (TPSA) is 56.5 Å². The number of methoxy groups -OCH3 is 1. The first-order valence-electron chi connectivity index (χ1n) is 6.50. The molecular formula is C15H22N2O2S. The molecule has 0 amide bonds. The van der Waals surface area contributed by atoms with Gasteiger partial charge in [-0.3, -0.25) is 5.73 Å². The summed E-state index contributed by atoms with van der Waals surface area (Å²) >= 11 is 4.86. The standard InChI is InChI=1S/C15H22N2O2S/c1-5-13(17-9-20)12-7-15(19-8-16)11(10(2)3)6-14(12)18-4/h5-7,9-10H,8,16H2,1-4H3,(H,17,20)/b13-5-. The van der Waals surface area contributed by atoms with Crippen LogP contribution in [-0.2, 0) is 0 Å². The predicted octanol–water partition coefficient (Wildman–Crippen LogP) is 3.02. The fourth-order valence-electron chi connectivity index (χ4n) is 2.00. The highest BCUT2D eigenvalue weighted by molar-refractivity contribution is 7.78. The highest BCUT2D eigenvalue weighted by Crippen LogP contribution is 2.36. The molecule has 0 bridgehead atoms. The Labute approximate surface area is 126 Å². The van der Waals surface area contributed by atoms with Crippen LogP contribution in [0.4, 0.5) is 0 Å². The van der Waals surface area contributed by atoms with E-state index in [0.717, 1.165) is 28.3 Å². The highest BCUT2D eigenvalue weighted by atomic mass is 32.1. The van der Waals surface area contributed by atoms with Gasteiger partial charge in [0.05, 0.1) is 12.6 Å². The van der Waals surface area contributed by atoms with Crippen molar-refractivity contribution in [2.75, 3.05) is 13.8 Å². The van der Waals surface area contributed by atoms with Crippen LogP contribution in [0.3, 0.4) is 0 Å². The first-order valence-corrected chi connectivity index (χ1v) is 6.97.